The van der Waals surface area contributed by atoms with E-state index >= 15 is 0 Å². The van der Waals surface area contributed by atoms with Crippen LogP contribution in [0.25, 0.3) is 0 Å². The van der Waals surface area contributed by atoms with Crippen LogP contribution in [-0.2, 0) is 11.3 Å². The zero-order valence-electron chi connectivity index (χ0n) is 16.1. The molecule has 1 aromatic rings. The van der Waals surface area contributed by atoms with E-state index in [-0.39, 0.29) is 5.91 Å². The van der Waals surface area contributed by atoms with Crippen molar-refractivity contribution in [3.05, 3.63) is 59.2 Å². The maximum atomic E-state index is 11.5. The number of rotatable bonds is 6. The SMILES string of the molecule is CN(C)Cc1ccccc1C1C=CC(SN2CC=C(C(=O)NO)CC2)CC1. The van der Waals surface area contributed by atoms with E-state index in [0.717, 1.165) is 26.1 Å². The van der Waals surface area contributed by atoms with Gasteiger partial charge in [-0.25, -0.2) is 9.79 Å². The summed E-state index contributed by atoms with van der Waals surface area (Å²) in [6.45, 7) is 2.55. The molecule has 1 aliphatic carbocycles. The molecule has 1 heterocycles. The standard InChI is InChI=1S/C21H29N3O2S/c1-23(2)15-18-5-3-4-6-20(18)16-7-9-19(10-8-16)27-24-13-11-17(12-14-24)21(25)22-26/h3-7,9,11,16,19,26H,8,10,12-15H2,1-2H3,(H,22,25). The number of amides is 1. The zero-order chi connectivity index (χ0) is 19.2. The monoisotopic (exact) mass is 387 g/mol. The quantitative estimate of drug-likeness (QED) is 0.339. The number of carbonyl (C=O) groups excluding carboxylic acids is 1. The molecule has 2 atom stereocenters. The average molecular weight is 388 g/mol. The van der Waals surface area contributed by atoms with E-state index in [1.54, 1.807) is 5.48 Å². The summed E-state index contributed by atoms with van der Waals surface area (Å²) >= 11 is 1.87. The third-order valence-electron chi connectivity index (χ3n) is 5.11. The van der Waals surface area contributed by atoms with Gasteiger partial charge in [-0.2, -0.15) is 0 Å². The Balaban J connectivity index is 1.57. The van der Waals surface area contributed by atoms with Gasteiger partial charge in [0.15, 0.2) is 0 Å². The molecule has 0 radical (unpaired) electrons. The fourth-order valence-electron chi connectivity index (χ4n) is 3.74. The third-order valence-corrected chi connectivity index (χ3v) is 6.40. The van der Waals surface area contributed by atoms with Crippen molar-refractivity contribution in [3.63, 3.8) is 0 Å². The van der Waals surface area contributed by atoms with Crippen molar-refractivity contribution in [1.82, 2.24) is 14.7 Å². The van der Waals surface area contributed by atoms with Crippen LogP contribution in [0.2, 0.25) is 0 Å². The van der Waals surface area contributed by atoms with Gasteiger partial charge in [-0.05, 0) is 44.5 Å². The first-order valence-electron chi connectivity index (χ1n) is 9.53. The second-order valence-corrected chi connectivity index (χ2v) is 8.79. The minimum Gasteiger partial charge on any atom is -0.305 e. The summed E-state index contributed by atoms with van der Waals surface area (Å²) in [5.74, 6) is 0.121. The van der Waals surface area contributed by atoms with Crippen molar-refractivity contribution in [1.29, 1.82) is 0 Å². The molecule has 0 saturated heterocycles. The van der Waals surface area contributed by atoms with Crippen molar-refractivity contribution in [2.45, 2.75) is 37.0 Å². The highest BCUT2D eigenvalue weighted by atomic mass is 32.2. The largest absolute Gasteiger partial charge is 0.305 e. The maximum Gasteiger partial charge on any atom is 0.270 e. The van der Waals surface area contributed by atoms with Gasteiger partial charge >= 0.3 is 0 Å². The van der Waals surface area contributed by atoms with Gasteiger partial charge in [0.25, 0.3) is 5.91 Å². The second-order valence-electron chi connectivity index (χ2n) is 7.46. The minimum atomic E-state index is -0.378. The van der Waals surface area contributed by atoms with Gasteiger partial charge in [-0.1, -0.05) is 54.4 Å². The molecule has 27 heavy (non-hydrogen) atoms. The van der Waals surface area contributed by atoms with E-state index in [9.17, 15) is 4.79 Å². The Morgan fingerprint density at radius 1 is 1.30 bits per heavy atom. The first kappa shape index (κ1) is 20.1. The lowest BCUT2D eigenvalue weighted by atomic mass is 9.86. The smallest absolute Gasteiger partial charge is 0.270 e. The fraction of sp³-hybridized carbons (Fsp3) is 0.476. The van der Waals surface area contributed by atoms with Crippen LogP contribution in [-0.4, -0.2) is 52.8 Å². The van der Waals surface area contributed by atoms with Crippen molar-refractivity contribution >= 4 is 17.9 Å². The molecule has 2 aliphatic rings. The Bertz CT molecular complexity index is 717. The lowest BCUT2D eigenvalue weighted by Gasteiger charge is -2.30. The fourth-order valence-corrected chi connectivity index (χ4v) is 4.88. The molecule has 0 bridgehead atoms. The molecule has 2 unspecified atom stereocenters. The molecule has 6 heteroatoms. The number of hydrogen-bond acceptors (Lipinski definition) is 5. The van der Waals surface area contributed by atoms with Gasteiger partial charge in [-0.3, -0.25) is 10.0 Å². The van der Waals surface area contributed by atoms with Crippen molar-refractivity contribution in [2.75, 3.05) is 27.2 Å². The van der Waals surface area contributed by atoms with Crippen molar-refractivity contribution in [3.8, 4) is 0 Å². The van der Waals surface area contributed by atoms with E-state index in [4.69, 9.17) is 5.21 Å². The van der Waals surface area contributed by atoms with Crippen LogP contribution in [0.5, 0.6) is 0 Å². The summed E-state index contributed by atoms with van der Waals surface area (Å²) < 4.78 is 2.31. The van der Waals surface area contributed by atoms with Crippen LogP contribution in [0.1, 0.15) is 36.3 Å². The van der Waals surface area contributed by atoms with E-state index < -0.39 is 0 Å². The number of nitrogens with one attached hydrogen (secondary N) is 1. The molecule has 0 fully saturated rings. The summed E-state index contributed by atoms with van der Waals surface area (Å²) in [4.78, 5) is 13.7. The average Bonchev–Trinajstić information content (AvgIpc) is 2.69. The van der Waals surface area contributed by atoms with Crippen LogP contribution >= 0.6 is 11.9 Å². The molecule has 2 N–H and O–H groups in total. The second kappa shape index (κ2) is 9.55. The molecule has 0 aromatic heterocycles. The molecule has 5 nitrogen and oxygen atoms in total. The zero-order valence-corrected chi connectivity index (χ0v) is 16.9. The number of nitrogens with zero attached hydrogens (tertiary/aromatic N) is 2. The molecule has 0 spiro atoms. The Morgan fingerprint density at radius 2 is 2.11 bits per heavy atom. The van der Waals surface area contributed by atoms with Crippen LogP contribution in [0.3, 0.4) is 0 Å². The Morgan fingerprint density at radius 3 is 2.74 bits per heavy atom. The summed E-state index contributed by atoms with van der Waals surface area (Å²) in [5.41, 5.74) is 5.26. The number of allylic oxidation sites excluding steroid dienone is 1. The molecule has 1 amide bonds. The van der Waals surface area contributed by atoms with Crippen LogP contribution in [0.4, 0.5) is 0 Å². The highest BCUT2D eigenvalue weighted by Crippen LogP contribution is 2.35. The van der Waals surface area contributed by atoms with E-state index in [2.05, 4.69) is 59.7 Å². The Kier molecular flexibility index (Phi) is 7.13. The molecule has 1 aliphatic heterocycles. The summed E-state index contributed by atoms with van der Waals surface area (Å²) in [6, 6.07) is 8.78. The van der Waals surface area contributed by atoms with Crippen LogP contribution < -0.4 is 5.48 Å². The maximum absolute atomic E-state index is 11.5. The van der Waals surface area contributed by atoms with Crippen LogP contribution in [0.15, 0.2) is 48.1 Å². The molecule has 3 rings (SSSR count). The van der Waals surface area contributed by atoms with Crippen molar-refractivity contribution < 1.29 is 10.0 Å². The molecule has 1 aromatic carbocycles. The normalized spacial score (nSPS) is 23.3. The topological polar surface area (TPSA) is 55.8 Å². The lowest BCUT2D eigenvalue weighted by Crippen LogP contribution is -2.30. The minimum absolute atomic E-state index is 0.378. The van der Waals surface area contributed by atoms with Gasteiger partial charge in [0.05, 0.1) is 0 Å². The van der Waals surface area contributed by atoms with Gasteiger partial charge in [0.2, 0.25) is 0 Å². The Hall–Kier alpha value is -1.60. The van der Waals surface area contributed by atoms with Crippen LogP contribution in [0, 0.1) is 0 Å². The third kappa shape index (κ3) is 5.45. The van der Waals surface area contributed by atoms with Crippen molar-refractivity contribution in [2.24, 2.45) is 0 Å². The predicted octanol–water partition coefficient (Wildman–Crippen LogP) is 3.34. The molecular weight excluding hydrogens is 358 g/mol. The van der Waals surface area contributed by atoms with Gasteiger partial charge in [-0.15, -0.1) is 0 Å². The Labute approximate surface area is 166 Å². The summed E-state index contributed by atoms with van der Waals surface area (Å²) in [6.07, 6.45) is 9.64. The predicted molar refractivity (Wildman–Crippen MR) is 111 cm³/mol. The highest BCUT2D eigenvalue weighted by Gasteiger charge is 2.23. The number of carbonyl (C=O) groups is 1. The summed E-state index contributed by atoms with van der Waals surface area (Å²) in [5, 5.41) is 9.22. The first-order chi connectivity index (χ1) is 13.1. The number of hydrogen-bond donors (Lipinski definition) is 2. The van der Waals surface area contributed by atoms with Gasteiger partial charge in [0.1, 0.15) is 0 Å². The molecular formula is C21H29N3O2S. The highest BCUT2D eigenvalue weighted by molar-refractivity contribution is 7.97. The van der Waals surface area contributed by atoms with E-state index in [1.807, 2.05) is 18.0 Å². The lowest BCUT2D eigenvalue weighted by molar-refractivity contribution is -0.125. The summed E-state index contributed by atoms with van der Waals surface area (Å²) in [7, 11) is 4.23. The van der Waals surface area contributed by atoms with E-state index in [1.165, 1.54) is 17.5 Å². The first-order valence-corrected chi connectivity index (χ1v) is 10.4. The molecule has 146 valence electrons. The van der Waals surface area contributed by atoms with E-state index in [0.29, 0.717) is 23.2 Å². The number of benzene rings is 1. The number of hydroxylamine groups is 1. The van der Waals surface area contributed by atoms with Gasteiger partial charge < -0.3 is 4.90 Å². The molecule has 0 saturated carbocycles. The van der Waals surface area contributed by atoms with Gasteiger partial charge in [0, 0.05) is 36.4 Å².